The van der Waals surface area contributed by atoms with Gasteiger partial charge in [0, 0.05) is 34.9 Å². The molecule has 0 fully saturated rings. The van der Waals surface area contributed by atoms with Gasteiger partial charge in [-0.25, -0.2) is 4.98 Å². The number of aromatic nitrogens is 3. The highest BCUT2D eigenvalue weighted by Crippen LogP contribution is 2.53. The number of benzene rings is 5. The Morgan fingerprint density at radius 2 is 1.25 bits per heavy atom. The van der Waals surface area contributed by atoms with Crippen molar-refractivity contribution < 1.29 is 9.30 Å². The van der Waals surface area contributed by atoms with E-state index in [2.05, 4.69) is 220 Å². The minimum absolute atomic E-state index is 0.0254. The summed E-state index contributed by atoms with van der Waals surface area (Å²) >= 11 is 0. The molecule has 0 saturated heterocycles. The van der Waals surface area contributed by atoms with Gasteiger partial charge in [0.25, 0.3) is 6.33 Å². The number of ether oxygens (including phenoxy) is 1. The number of aryl methyl sites for hydroxylation is 3. The number of hydrogen-bond donors (Lipinski definition) is 0. The fraction of sp³-hybridized carbons (Fsp3) is 0.333. The Labute approximate surface area is 352 Å². The third kappa shape index (κ3) is 7.03. The Bertz CT molecular complexity index is 2740. The summed E-state index contributed by atoms with van der Waals surface area (Å²) in [4.78, 5) is 7.33. The second-order valence-corrected chi connectivity index (χ2v) is 20.4. The van der Waals surface area contributed by atoms with E-state index in [0.717, 1.165) is 45.4 Å². The highest BCUT2D eigenvalue weighted by Gasteiger charge is 2.38. The summed E-state index contributed by atoms with van der Waals surface area (Å²) in [6.07, 6.45) is 4.22. The Morgan fingerprint density at radius 1 is 0.610 bits per heavy atom. The molecule has 1 aliphatic heterocycles. The normalized spacial score (nSPS) is 14.0. The van der Waals surface area contributed by atoms with Gasteiger partial charge in [-0.15, -0.1) is 0 Å². The number of nitrogens with zero attached hydrogens (tertiary/aromatic N) is 4. The third-order valence-electron chi connectivity index (χ3n) is 12.3. The predicted octanol–water partition coefficient (Wildman–Crippen LogP) is 14.0. The molecule has 3 heterocycles. The number of hydrogen-bond acceptors (Lipinski definition) is 3. The van der Waals surface area contributed by atoms with Crippen LogP contribution in [0.3, 0.4) is 0 Å². The van der Waals surface area contributed by atoms with E-state index < -0.39 is 0 Å². The first-order valence-corrected chi connectivity index (χ1v) is 21.1. The first-order valence-electron chi connectivity index (χ1n) is 21.1. The number of para-hydroxylation sites is 3. The van der Waals surface area contributed by atoms with Gasteiger partial charge in [-0.2, -0.15) is 9.13 Å². The van der Waals surface area contributed by atoms with Gasteiger partial charge in [0.1, 0.15) is 28.7 Å². The molecule has 5 aromatic carbocycles. The van der Waals surface area contributed by atoms with E-state index in [-0.39, 0.29) is 21.7 Å². The van der Waals surface area contributed by atoms with Crippen LogP contribution in [0, 0.1) is 20.8 Å². The molecule has 2 aromatic heterocycles. The molecule has 5 nitrogen and oxygen atoms in total. The molecular weight excluding hydrogens is 721 g/mol. The van der Waals surface area contributed by atoms with Crippen LogP contribution >= 0.6 is 0 Å². The van der Waals surface area contributed by atoms with Crippen molar-refractivity contribution in [1.29, 1.82) is 0 Å². The summed E-state index contributed by atoms with van der Waals surface area (Å²) in [7, 11) is 0. The highest BCUT2D eigenvalue weighted by atomic mass is 16.5. The van der Waals surface area contributed by atoms with Gasteiger partial charge >= 0.3 is 0 Å². The maximum absolute atomic E-state index is 7.24. The molecule has 0 atom stereocenters. The standard InChI is InChI=1S/C54H61N4O/c1-34-27-35(2)50(36(3)28-34)57-33-56(44-21-17-18-22-45(44)57)46-32-48(42(53(10,11)12)31-41(46)52(7,8)9)59-38-23-24-40-47(30-38)58(43-20-16-15-19-39(43)54(40,13)14)49-29-37(25-26-55-49)51(4,5)6/h15-33H,1-14H3/q+1. The van der Waals surface area contributed by atoms with Crippen molar-refractivity contribution in [1.82, 2.24) is 9.55 Å². The molecule has 0 bridgehead atoms. The fourth-order valence-electron chi connectivity index (χ4n) is 9.22. The molecule has 0 amide bonds. The summed E-state index contributed by atoms with van der Waals surface area (Å²) in [5, 5.41) is 0. The molecule has 0 spiro atoms. The summed E-state index contributed by atoms with van der Waals surface area (Å²) in [6.45, 7) is 31.8. The monoisotopic (exact) mass is 781 g/mol. The number of rotatable bonds is 5. The molecule has 1 aliphatic rings. The lowest BCUT2D eigenvalue weighted by molar-refractivity contribution is -0.568. The topological polar surface area (TPSA) is 34.2 Å². The molecule has 8 rings (SSSR count). The second kappa shape index (κ2) is 14.0. The highest BCUT2D eigenvalue weighted by molar-refractivity contribution is 5.85. The van der Waals surface area contributed by atoms with Crippen LogP contribution in [-0.2, 0) is 21.7 Å². The van der Waals surface area contributed by atoms with Crippen LogP contribution in [0.4, 0.5) is 17.2 Å². The summed E-state index contributed by atoms with van der Waals surface area (Å²) in [5.74, 6) is 2.54. The Morgan fingerprint density at radius 3 is 1.93 bits per heavy atom. The largest absolute Gasteiger partial charge is 0.457 e. The molecule has 0 aliphatic carbocycles. The van der Waals surface area contributed by atoms with E-state index in [0.29, 0.717) is 0 Å². The van der Waals surface area contributed by atoms with Gasteiger partial charge in [-0.1, -0.05) is 130 Å². The SMILES string of the molecule is Cc1cc(C)c(-[n+]2cn(-c3cc(Oc4ccc5c(c4)N(c4cc(C(C)(C)C)ccn4)c4ccccc4C5(C)C)c(C(C)(C)C)cc3C(C)(C)C)c3ccccc32)c(C)c1. The molecule has 0 N–H and O–H groups in total. The van der Waals surface area contributed by atoms with Crippen LogP contribution in [-0.4, -0.2) is 9.55 Å². The van der Waals surface area contributed by atoms with Crippen molar-refractivity contribution in [3.63, 3.8) is 0 Å². The molecule has 7 aromatic rings. The lowest BCUT2D eigenvalue weighted by Crippen LogP contribution is -2.31. The zero-order chi connectivity index (χ0) is 42.4. The van der Waals surface area contributed by atoms with Crippen LogP contribution < -0.4 is 14.2 Å². The number of anilines is 3. The van der Waals surface area contributed by atoms with E-state index >= 15 is 0 Å². The minimum Gasteiger partial charge on any atom is -0.457 e. The Hall–Kier alpha value is -5.68. The van der Waals surface area contributed by atoms with E-state index in [4.69, 9.17) is 9.72 Å². The summed E-state index contributed by atoms with van der Waals surface area (Å²) in [5.41, 5.74) is 16.2. The quantitative estimate of drug-likeness (QED) is 0.163. The smallest absolute Gasteiger partial charge is 0.255 e. The van der Waals surface area contributed by atoms with Crippen LogP contribution in [0.25, 0.3) is 22.4 Å². The molecular formula is C54H61N4O+. The average Bonchev–Trinajstić information content (AvgIpc) is 3.52. The van der Waals surface area contributed by atoms with Crippen molar-refractivity contribution in [2.45, 2.75) is 119 Å². The van der Waals surface area contributed by atoms with Crippen molar-refractivity contribution in [2.75, 3.05) is 4.90 Å². The van der Waals surface area contributed by atoms with E-state index in [1.54, 1.807) is 0 Å². The molecule has 0 unspecified atom stereocenters. The molecule has 0 saturated carbocycles. The predicted molar refractivity (Wildman–Crippen MR) is 246 cm³/mol. The molecule has 302 valence electrons. The maximum Gasteiger partial charge on any atom is 0.255 e. The number of pyridine rings is 1. The fourth-order valence-corrected chi connectivity index (χ4v) is 9.22. The van der Waals surface area contributed by atoms with E-state index in [9.17, 15) is 0 Å². The first-order chi connectivity index (χ1) is 27.6. The lowest BCUT2D eigenvalue weighted by atomic mass is 9.73. The van der Waals surface area contributed by atoms with Crippen molar-refractivity contribution in [3.8, 4) is 22.9 Å². The average molecular weight is 782 g/mol. The Kier molecular flexibility index (Phi) is 9.50. The van der Waals surface area contributed by atoms with Gasteiger partial charge in [0.15, 0.2) is 11.0 Å². The van der Waals surface area contributed by atoms with Gasteiger partial charge in [-0.3, -0.25) is 4.90 Å². The van der Waals surface area contributed by atoms with E-state index in [1.807, 2.05) is 6.20 Å². The van der Waals surface area contributed by atoms with Gasteiger partial charge in [0.2, 0.25) is 0 Å². The van der Waals surface area contributed by atoms with Gasteiger partial charge in [0.05, 0.1) is 11.4 Å². The van der Waals surface area contributed by atoms with Crippen LogP contribution in [0.1, 0.15) is 121 Å². The van der Waals surface area contributed by atoms with Crippen molar-refractivity contribution in [3.05, 3.63) is 160 Å². The molecule has 0 radical (unpaired) electrons. The lowest BCUT2D eigenvalue weighted by Gasteiger charge is -2.41. The summed E-state index contributed by atoms with van der Waals surface area (Å²) < 4.78 is 12.0. The van der Waals surface area contributed by atoms with Gasteiger partial charge in [-0.05, 0) is 107 Å². The third-order valence-corrected chi connectivity index (χ3v) is 12.3. The number of fused-ring (bicyclic) bond motifs is 3. The summed E-state index contributed by atoms with van der Waals surface area (Å²) in [6, 6.07) is 37.8. The van der Waals surface area contributed by atoms with Gasteiger partial charge < -0.3 is 4.74 Å². The zero-order valence-electron chi connectivity index (χ0n) is 37.7. The van der Waals surface area contributed by atoms with Crippen molar-refractivity contribution in [2.24, 2.45) is 0 Å². The zero-order valence-corrected chi connectivity index (χ0v) is 37.7. The van der Waals surface area contributed by atoms with E-state index in [1.165, 1.54) is 50.2 Å². The maximum atomic E-state index is 7.24. The molecule has 59 heavy (non-hydrogen) atoms. The molecule has 5 heteroatoms. The number of imidazole rings is 1. The van der Waals surface area contributed by atoms with Crippen molar-refractivity contribution >= 4 is 28.2 Å². The first kappa shape index (κ1) is 40.1. The minimum atomic E-state index is -0.236. The Balaban J connectivity index is 1.34. The van der Waals surface area contributed by atoms with Crippen LogP contribution in [0.15, 0.2) is 116 Å². The second-order valence-electron chi connectivity index (χ2n) is 20.4. The van der Waals surface area contributed by atoms with Crippen LogP contribution in [0.2, 0.25) is 0 Å². The van der Waals surface area contributed by atoms with Crippen LogP contribution in [0.5, 0.6) is 11.5 Å².